The van der Waals surface area contributed by atoms with Gasteiger partial charge in [0.1, 0.15) is 11.4 Å². The van der Waals surface area contributed by atoms with E-state index in [0.29, 0.717) is 36.8 Å². The van der Waals surface area contributed by atoms with Crippen molar-refractivity contribution in [2.75, 3.05) is 0 Å². The zero-order chi connectivity index (χ0) is 28.1. The molecule has 4 rings (SSSR count). The average molecular weight is 576 g/mol. The maximum absolute atomic E-state index is 13.1. The van der Waals surface area contributed by atoms with E-state index < -0.39 is 23.7 Å². The molecule has 0 aromatic carbocycles. The van der Waals surface area contributed by atoms with Gasteiger partial charge in [-0.25, -0.2) is 27.3 Å². The molecular weight excluding hydrogens is 553 g/mol. The second kappa shape index (κ2) is 12.3. The first kappa shape index (κ1) is 29.6. The van der Waals surface area contributed by atoms with Crippen molar-refractivity contribution in [2.24, 2.45) is 5.11 Å². The van der Waals surface area contributed by atoms with Crippen molar-refractivity contribution >= 4 is 35.1 Å². The molecule has 2 aromatic rings. The van der Waals surface area contributed by atoms with Gasteiger partial charge in [-0.2, -0.15) is 0 Å². The Morgan fingerprint density at radius 2 is 1.26 bits per heavy atom. The van der Waals surface area contributed by atoms with Gasteiger partial charge in [-0.1, -0.05) is 23.2 Å². The number of carboxylic acid groups (broad SMARTS) is 1. The number of aromatic nitrogens is 2. The minimum atomic E-state index is -2.60. The van der Waals surface area contributed by atoms with Crippen molar-refractivity contribution in [1.82, 2.24) is 9.97 Å². The Morgan fingerprint density at radius 1 is 0.868 bits per heavy atom. The van der Waals surface area contributed by atoms with Gasteiger partial charge in [-0.3, -0.25) is 9.78 Å². The molecular formula is C24H23Cl2F4N5O3. The summed E-state index contributed by atoms with van der Waals surface area (Å²) in [5.41, 5.74) is 9.30. The molecule has 0 aliphatic heterocycles. The molecule has 0 radical (unpaired) electrons. The quantitative estimate of drug-likeness (QED) is 0.170. The van der Waals surface area contributed by atoms with Gasteiger partial charge < -0.3 is 5.11 Å². The molecule has 2 aliphatic rings. The second-order valence-corrected chi connectivity index (χ2v) is 10.1. The highest BCUT2D eigenvalue weighted by molar-refractivity contribution is 6.32. The van der Waals surface area contributed by atoms with Crippen molar-refractivity contribution in [2.45, 2.75) is 75.0 Å². The number of nitrogens with zero attached hydrogens (tertiary/aromatic N) is 5. The number of halogens is 6. The van der Waals surface area contributed by atoms with Gasteiger partial charge >= 0.3 is 5.97 Å². The van der Waals surface area contributed by atoms with Crippen LogP contribution in [0.3, 0.4) is 0 Å². The van der Waals surface area contributed by atoms with Gasteiger partial charge in [0.25, 0.3) is 5.91 Å². The van der Waals surface area contributed by atoms with Crippen LogP contribution in [0.5, 0.6) is 0 Å². The number of rotatable bonds is 4. The van der Waals surface area contributed by atoms with Crippen molar-refractivity contribution in [3.63, 3.8) is 0 Å². The Labute approximate surface area is 225 Å². The Balaban J connectivity index is 0.000000212. The Morgan fingerprint density at radius 3 is 1.63 bits per heavy atom. The summed E-state index contributed by atoms with van der Waals surface area (Å²) < 4.78 is 52.3. The number of pyridine rings is 2. The Kier molecular flexibility index (Phi) is 9.56. The van der Waals surface area contributed by atoms with Crippen LogP contribution >= 0.6 is 23.2 Å². The molecule has 0 saturated heterocycles. The van der Waals surface area contributed by atoms with E-state index in [0.717, 1.165) is 0 Å². The van der Waals surface area contributed by atoms with Crippen LogP contribution in [-0.4, -0.2) is 38.8 Å². The van der Waals surface area contributed by atoms with Crippen molar-refractivity contribution < 1.29 is 32.3 Å². The third-order valence-corrected chi connectivity index (χ3v) is 7.31. The number of aromatic carboxylic acids is 1. The molecule has 8 nitrogen and oxygen atoms in total. The second-order valence-electron chi connectivity index (χ2n) is 9.24. The Hall–Kier alpha value is -2.95. The lowest BCUT2D eigenvalue weighted by molar-refractivity contribution is -0.0388. The molecule has 2 fully saturated rings. The lowest BCUT2D eigenvalue weighted by Crippen LogP contribution is -2.23. The van der Waals surface area contributed by atoms with E-state index in [1.807, 2.05) is 0 Å². The number of amides is 1. The van der Waals surface area contributed by atoms with Crippen LogP contribution < -0.4 is 0 Å². The fraction of sp³-hybridized carbons (Fsp3) is 0.500. The Bertz CT molecular complexity index is 1240. The van der Waals surface area contributed by atoms with Crippen LogP contribution in [-0.2, 0) is 0 Å². The first-order valence-electron chi connectivity index (χ1n) is 11.7. The van der Waals surface area contributed by atoms with Crippen LogP contribution in [0.4, 0.5) is 17.6 Å². The number of carbonyl (C=O) groups is 2. The van der Waals surface area contributed by atoms with Crippen LogP contribution in [0.2, 0.25) is 10.0 Å². The topological polar surface area (TPSA) is 129 Å². The van der Waals surface area contributed by atoms with Gasteiger partial charge in [-0.15, -0.1) is 0 Å². The van der Waals surface area contributed by atoms with E-state index >= 15 is 0 Å². The molecule has 2 aliphatic carbocycles. The summed E-state index contributed by atoms with van der Waals surface area (Å²) in [5.74, 6) is -7.31. The lowest BCUT2D eigenvalue weighted by atomic mass is 9.83. The summed E-state index contributed by atoms with van der Waals surface area (Å²) >= 11 is 12.1. The minimum absolute atomic E-state index is 0.0577. The molecule has 38 heavy (non-hydrogen) atoms. The third kappa shape index (κ3) is 7.78. The summed E-state index contributed by atoms with van der Waals surface area (Å²) in [7, 11) is 0. The molecule has 0 bridgehead atoms. The summed E-state index contributed by atoms with van der Waals surface area (Å²) in [6.07, 6.45) is 3.48. The molecule has 204 valence electrons. The number of azide groups is 1. The summed E-state index contributed by atoms with van der Waals surface area (Å²) in [5, 5.41) is 12.3. The number of carboxylic acids is 1. The van der Waals surface area contributed by atoms with Crippen molar-refractivity contribution in [3.8, 4) is 0 Å². The monoisotopic (exact) mass is 575 g/mol. The predicted octanol–water partition coefficient (Wildman–Crippen LogP) is 8.20. The standard InChI is InChI=1S/C12H11ClF2N4O.C12H12ClF2NO2/c13-9-5-10(11(20)18-19-16)17-6-8(9)7-1-3-12(14,15)4-2-7;13-9-5-10(11(17)18)16-6-8(9)7-1-3-12(14,15)4-2-7/h5-7H,1-4H2;5-7H,1-4H2,(H,17,18). The number of hydrogen-bond donors (Lipinski definition) is 1. The zero-order valence-electron chi connectivity index (χ0n) is 19.9. The SMILES string of the molecule is O=C(O)c1cc(Cl)c(C2CCC(F)(F)CC2)cn1.[N-]=[N+]=NC(=O)c1cc(Cl)c(C2CCC(F)(F)CC2)cn1. The van der Waals surface area contributed by atoms with Crippen LogP contribution in [0.15, 0.2) is 29.6 Å². The van der Waals surface area contributed by atoms with Gasteiger partial charge in [0.2, 0.25) is 11.8 Å². The van der Waals surface area contributed by atoms with Crippen LogP contribution in [0.1, 0.15) is 95.3 Å². The summed E-state index contributed by atoms with van der Waals surface area (Å²) in [6, 6.07) is 2.58. The van der Waals surface area contributed by atoms with Gasteiger partial charge in [0, 0.05) is 53.0 Å². The number of alkyl halides is 4. The van der Waals surface area contributed by atoms with Crippen LogP contribution in [0, 0.1) is 0 Å². The molecule has 0 unspecified atom stereocenters. The van der Waals surface area contributed by atoms with E-state index in [9.17, 15) is 27.2 Å². The molecule has 2 heterocycles. The normalized spacial score (nSPS) is 19.0. The van der Waals surface area contributed by atoms with E-state index in [-0.39, 0.29) is 59.0 Å². The predicted molar refractivity (Wildman–Crippen MR) is 131 cm³/mol. The average Bonchev–Trinajstić information content (AvgIpc) is 2.85. The highest BCUT2D eigenvalue weighted by Crippen LogP contribution is 2.43. The maximum atomic E-state index is 13.1. The van der Waals surface area contributed by atoms with Crippen molar-refractivity contribution in [1.29, 1.82) is 0 Å². The molecule has 1 amide bonds. The van der Waals surface area contributed by atoms with Gasteiger partial charge in [0.15, 0.2) is 0 Å². The molecule has 0 spiro atoms. The lowest BCUT2D eigenvalue weighted by Gasteiger charge is -2.28. The fourth-order valence-electron chi connectivity index (χ4n) is 4.51. The molecule has 1 N–H and O–H groups in total. The van der Waals surface area contributed by atoms with Gasteiger partial charge in [-0.05, 0) is 71.4 Å². The van der Waals surface area contributed by atoms with Crippen LogP contribution in [0.25, 0.3) is 10.4 Å². The van der Waals surface area contributed by atoms with E-state index in [4.69, 9.17) is 33.8 Å². The largest absolute Gasteiger partial charge is 0.477 e. The molecule has 14 heteroatoms. The van der Waals surface area contributed by atoms with Crippen molar-refractivity contribution in [3.05, 3.63) is 67.5 Å². The molecule has 2 aromatic heterocycles. The van der Waals surface area contributed by atoms with E-state index in [1.165, 1.54) is 24.5 Å². The first-order chi connectivity index (χ1) is 17.8. The minimum Gasteiger partial charge on any atom is -0.477 e. The molecule has 0 atom stereocenters. The first-order valence-corrected chi connectivity index (χ1v) is 12.5. The van der Waals surface area contributed by atoms with E-state index in [1.54, 1.807) is 0 Å². The highest BCUT2D eigenvalue weighted by atomic mass is 35.5. The summed E-state index contributed by atoms with van der Waals surface area (Å²) in [6.45, 7) is 0. The molecule has 2 saturated carbocycles. The van der Waals surface area contributed by atoms with Gasteiger partial charge in [0.05, 0.1) is 0 Å². The summed E-state index contributed by atoms with van der Waals surface area (Å²) in [4.78, 5) is 32.1. The third-order valence-electron chi connectivity index (χ3n) is 6.65. The number of carbonyl (C=O) groups excluding carboxylic acids is 1. The number of hydrogen-bond acceptors (Lipinski definition) is 4. The fourth-order valence-corrected chi connectivity index (χ4v) is 5.12. The van der Waals surface area contributed by atoms with E-state index in [2.05, 4.69) is 20.0 Å². The maximum Gasteiger partial charge on any atom is 0.354 e. The zero-order valence-corrected chi connectivity index (χ0v) is 21.4. The highest BCUT2D eigenvalue weighted by Gasteiger charge is 2.37. The smallest absolute Gasteiger partial charge is 0.354 e.